The lowest BCUT2D eigenvalue weighted by molar-refractivity contribution is -0.151. The number of carbonyl (C=O) groups excluding carboxylic acids is 3. The third-order valence-corrected chi connectivity index (χ3v) is 11.5. The van der Waals surface area contributed by atoms with Crippen LogP contribution in [0.2, 0.25) is 0 Å². The van der Waals surface area contributed by atoms with Gasteiger partial charge in [0.1, 0.15) is 19.8 Å². The molecule has 4 fully saturated rings. The molecule has 0 aromatic heterocycles. The number of hydrogen-bond acceptors (Lipinski definition) is 8. The average Bonchev–Trinajstić information content (AvgIpc) is 3.11. The molecule has 8 heteroatoms. The third kappa shape index (κ3) is 18.3. The molecule has 4 rings (SSSR count). The van der Waals surface area contributed by atoms with E-state index in [0.717, 1.165) is 88.8 Å². The van der Waals surface area contributed by atoms with E-state index in [9.17, 15) is 14.4 Å². The van der Waals surface area contributed by atoms with E-state index < -0.39 is 12.1 Å². The highest BCUT2D eigenvalue weighted by Gasteiger charge is 2.50. The molecule has 0 radical (unpaired) electrons. The van der Waals surface area contributed by atoms with Crippen LogP contribution in [0.15, 0.2) is 24.3 Å². The van der Waals surface area contributed by atoms with Crippen LogP contribution in [0.1, 0.15) is 156 Å². The lowest BCUT2D eigenvalue weighted by Gasteiger charge is -2.57. The predicted molar refractivity (Wildman–Crippen MR) is 204 cm³/mol. The summed E-state index contributed by atoms with van der Waals surface area (Å²) in [5.41, 5.74) is 0.322. The molecular weight excluding hydrogens is 642 g/mol. The number of hydrogen-bond donors (Lipinski definition) is 0. The quantitative estimate of drug-likeness (QED) is 0.0327. The SMILES string of the molecule is CCCCC/C=C\C/C=C\CCCCCCCC(=O)OCC(COC(=O)CCC12CC3CC(CC(C3)C1)C2)COC(=O)OCCCN(CC)CC. The Labute approximate surface area is 310 Å². The summed E-state index contributed by atoms with van der Waals surface area (Å²) < 4.78 is 21.9. The summed E-state index contributed by atoms with van der Waals surface area (Å²) in [6.07, 6.45) is 31.1. The normalized spacial score (nSPS) is 22.9. The van der Waals surface area contributed by atoms with Crippen LogP contribution >= 0.6 is 0 Å². The van der Waals surface area contributed by atoms with Crippen molar-refractivity contribution in [1.82, 2.24) is 4.90 Å². The van der Waals surface area contributed by atoms with Gasteiger partial charge in [-0.05, 0) is 126 Å². The first kappa shape index (κ1) is 43.1. The van der Waals surface area contributed by atoms with Gasteiger partial charge in [-0.15, -0.1) is 0 Å². The molecule has 0 saturated heterocycles. The smallest absolute Gasteiger partial charge is 0.465 e. The molecule has 0 heterocycles. The number of carbonyl (C=O) groups is 3. The summed E-state index contributed by atoms with van der Waals surface area (Å²) >= 11 is 0. The number of allylic oxidation sites excluding steroid dienone is 4. The van der Waals surface area contributed by atoms with E-state index in [-0.39, 0.29) is 38.4 Å². The summed E-state index contributed by atoms with van der Waals surface area (Å²) in [6, 6.07) is 0. The van der Waals surface area contributed by atoms with Crippen LogP contribution < -0.4 is 0 Å². The molecule has 0 spiro atoms. The molecule has 0 N–H and O–H groups in total. The Morgan fingerprint density at radius 3 is 1.80 bits per heavy atom. The number of ether oxygens (including phenoxy) is 4. The van der Waals surface area contributed by atoms with Crippen molar-refractivity contribution in [3.63, 3.8) is 0 Å². The third-order valence-electron chi connectivity index (χ3n) is 11.5. The lowest BCUT2D eigenvalue weighted by Crippen LogP contribution is -2.46. The summed E-state index contributed by atoms with van der Waals surface area (Å²) in [7, 11) is 0. The van der Waals surface area contributed by atoms with Crippen LogP contribution in [-0.4, -0.2) is 69.1 Å². The van der Waals surface area contributed by atoms with Gasteiger partial charge in [-0.3, -0.25) is 9.59 Å². The summed E-state index contributed by atoms with van der Waals surface area (Å²) in [6.45, 7) is 9.55. The number of nitrogens with zero attached hydrogens (tertiary/aromatic N) is 1. The van der Waals surface area contributed by atoms with E-state index in [0.29, 0.717) is 18.3 Å². The van der Waals surface area contributed by atoms with Crippen molar-refractivity contribution in [1.29, 1.82) is 0 Å². The molecule has 1 unspecified atom stereocenters. The van der Waals surface area contributed by atoms with Gasteiger partial charge in [0.05, 0.1) is 12.5 Å². The molecule has 8 nitrogen and oxygen atoms in total. The summed E-state index contributed by atoms with van der Waals surface area (Å²) in [5, 5.41) is 0. The molecule has 4 aliphatic rings. The van der Waals surface area contributed by atoms with E-state index in [2.05, 4.69) is 50.0 Å². The van der Waals surface area contributed by atoms with E-state index in [4.69, 9.17) is 18.9 Å². The highest BCUT2D eigenvalue weighted by molar-refractivity contribution is 5.70. The van der Waals surface area contributed by atoms with Crippen molar-refractivity contribution in [2.45, 2.75) is 156 Å². The maximum absolute atomic E-state index is 12.9. The van der Waals surface area contributed by atoms with E-state index in [1.807, 2.05) is 0 Å². The van der Waals surface area contributed by atoms with Crippen LogP contribution in [-0.2, 0) is 28.5 Å². The number of unbranched alkanes of at least 4 members (excludes halogenated alkanes) is 8. The summed E-state index contributed by atoms with van der Waals surface area (Å²) in [4.78, 5) is 40.0. The molecule has 292 valence electrons. The van der Waals surface area contributed by atoms with Crippen molar-refractivity contribution in [2.24, 2.45) is 29.1 Å². The van der Waals surface area contributed by atoms with Gasteiger partial charge < -0.3 is 23.8 Å². The fourth-order valence-electron chi connectivity index (χ4n) is 8.97. The van der Waals surface area contributed by atoms with Crippen LogP contribution in [0.5, 0.6) is 0 Å². The zero-order chi connectivity index (χ0) is 36.6. The Bertz CT molecular complexity index is 1000. The first-order valence-electron chi connectivity index (χ1n) is 21.0. The summed E-state index contributed by atoms with van der Waals surface area (Å²) in [5.74, 6) is 1.63. The molecule has 0 aromatic carbocycles. The molecule has 1 atom stereocenters. The van der Waals surface area contributed by atoms with E-state index in [1.54, 1.807) is 0 Å². The highest BCUT2D eigenvalue weighted by Crippen LogP contribution is 2.61. The Morgan fingerprint density at radius 2 is 1.20 bits per heavy atom. The number of esters is 2. The van der Waals surface area contributed by atoms with Gasteiger partial charge in [0.25, 0.3) is 0 Å². The van der Waals surface area contributed by atoms with Gasteiger partial charge in [-0.1, -0.05) is 77.2 Å². The van der Waals surface area contributed by atoms with Crippen LogP contribution in [0.25, 0.3) is 0 Å². The van der Waals surface area contributed by atoms with Gasteiger partial charge in [0.2, 0.25) is 0 Å². The molecular formula is C43H73NO7. The maximum atomic E-state index is 12.9. The van der Waals surface area contributed by atoms with Crippen molar-refractivity contribution in [2.75, 3.05) is 46.1 Å². The lowest BCUT2D eigenvalue weighted by atomic mass is 9.48. The standard InChI is InChI=1S/C43H73NO7/c1-4-7-8-9-10-11-12-13-14-15-16-17-18-19-20-22-40(45)49-33-39(35-51-42(47)48-26-21-25-44(5-2)6-3)34-50-41(46)23-24-43-30-36-27-37(31-43)29-38(28-36)32-43/h10-11,13-14,36-39H,4-9,12,15-35H2,1-3H3/b11-10-,14-13-. The van der Waals surface area contributed by atoms with Crippen molar-refractivity contribution in [3.8, 4) is 0 Å². The Kier molecular flexibility index (Phi) is 21.6. The molecule has 4 saturated carbocycles. The monoisotopic (exact) mass is 716 g/mol. The van der Waals surface area contributed by atoms with E-state index >= 15 is 0 Å². The molecule has 51 heavy (non-hydrogen) atoms. The van der Waals surface area contributed by atoms with Crippen molar-refractivity contribution < 1.29 is 33.3 Å². The number of rotatable bonds is 29. The Hall–Kier alpha value is -2.35. The van der Waals surface area contributed by atoms with Gasteiger partial charge in [0, 0.05) is 19.4 Å². The van der Waals surface area contributed by atoms with Gasteiger partial charge >= 0.3 is 18.1 Å². The van der Waals surface area contributed by atoms with Crippen molar-refractivity contribution >= 4 is 18.1 Å². The van der Waals surface area contributed by atoms with Crippen molar-refractivity contribution in [3.05, 3.63) is 24.3 Å². The second kappa shape index (κ2) is 25.6. The Balaban J connectivity index is 1.30. The minimum atomic E-state index is -0.746. The molecule has 0 amide bonds. The topological polar surface area (TPSA) is 91.4 Å². The fourth-order valence-corrected chi connectivity index (χ4v) is 8.97. The minimum absolute atomic E-state index is 0.0336. The minimum Gasteiger partial charge on any atom is -0.465 e. The van der Waals surface area contributed by atoms with E-state index in [1.165, 1.54) is 70.6 Å². The first-order chi connectivity index (χ1) is 24.8. The zero-order valence-corrected chi connectivity index (χ0v) is 32.7. The molecule has 4 aliphatic carbocycles. The molecule has 0 aromatic rings. The molecule has 4 bridgehead atoms. The first-order valence-corrected chi connectivity index (χ1v) is 21.0. The zero-order valence-electron chi connectivity index (χ0n) is 32.7. The van der Waals surface area contributed by atoms with Crippen LogP contribution in [0, 0.1) is 29.1 Å². The Morgan fingerprint density at radius 1 is 0.647 bits per heavy atom. The largest absolute Gasteiger partial charge is 0.508 e. The highest BCUT2D eigenvalue weighted by atomic mass is 16.7. The predicted octanol–water partition coefficient (Wildman–Crippen LogP) is 10.4. The van der Waals surface area contributed by atoms with Crippen LogP contribution in [0.4, 0.5) is 4.79 Å². The second-order valence-corrected chi connectivity index (χ2v) is 15.9. The van der Waals surface area contributed by atoms with Crippen LogP contribution in [0.3, 0.4) is 0 Å². The fraction of sp³-hybridized carbons (Fsp3) is 0.837. The maximum Gasteiger partial charge on any atom is 0.508 e. The molecule has 0 aliphatic heterocycles. The van der Waals surface area contributed by atoms with Gasteiger partial charge in [0.15, 0.2) is 0 Å². The second-order valence-electron chi connectivity index (χ2n) is 15.9. The average molecular weight is 716 g/mol. The van der Waals surface area contributed by atoms with Gasteiger partial charge in [-0.25, -0.2) is 4.79 Å². The van der Waals surface area contributed by atoms with Gasteiger partial charge in [-0.2, -0.15) is 0 Å².